The van der Waals surface area contributed by atoms with Gasteiger partial charge in [0.2, 0.25) is 10.0 Å². The summed E-state index contributed by atoms with van der Waals surface area (Å²) in [4.78, 5) is 36.6. The van der Waals surface area contributed by atoms with Crippen LogP contribution < -0.4 is 10.6 Å². The predicted molar refractivity (Wildman–Crippen MR) is 113 cm³/mol. The summed E-state index contributed by atoms with van der Waals surface area (Å²) in [6, 6.07) is 5.01. The molecule has 1 aromatic carbocycles. The Morgan fingerprint density at radius 1 is 1.06 bits per heavy atom. The van der Waals surface area contributed by atoms with Gasteiger partial charge in [-0.3, -0.25) is 10.1 Å². The third kappa shape index (κ3) is 6.04. The summed E-state index contributed by atoms with van der Waals surface area (Å²) >= 11 is 0. The van der Waals surface area contributed by atoms with E-state index in [1.54, 1.807) is 0 Å². The van der Waals surface area contributed by atoms with Crippen LogP contribution in [-0.2, 0) is 19.6 Å². The zero-order valence-electron chi connectivity index (χ0n) is 17.6. The molecule has 2 aliphatic rings. The number of benzene rings is 1. The second-order valence-corrected chi connectivity index (χ2v) is 9.92. The average Bonchev–Trinajstić information content (AvgIpc) is 3.27. The summed E-state index contributed by atoms with van der Waals surface area (Å²) < 4.78 is 32.2. The third-order valence-electron chi connectivity index (χ3n) is 5.60. The number of nitrogens with one attached hydrogen (secondary N) is 2. The second-order valence-electron chi connectivity index (χ2n) is 7.98. The van der Waals surface area contributed by atoms with Gasteiger partial charge in [-0.05, 0) is 50.8 Å². The Morgan fingerprint density at radius 3 is 2.42 bits per heavy atom. The Hall–Kier alpha value is -2.46. The molecular formula is C21H29N3O6S. The lowest BCUT2D eigenvalue weighted by molar-refractivity contribution is -0.127. The zero-order chi connectivity index (χ0) is 22.4. The van der Waals surface area contributed by atoms with Gasteiger partial charge in [-0.2, -0.15) is 4.31 Å². The highest BCUT2D eigenvalue weighted by Gasteiger charge is 2.28. The van der Waals surface area contributed by atoms with Crippen molar-refractivity contribution in [2.24, 2.45) is 0 Å². The Balaban J connectivity index is 1.58. The standard InChI is InChI=1S/C21H29N3O6S/c1-15(19(25)23-21(27)22-17-9-3-4-10-17)30-20(26)16-8-7-11-18(14-16)31(28,29)24-12-5-2-6-13-24/h7-8,11,14-15,17H,2-6,9-10,12-13H2,1H3,(H2,22,23,25,27). The molecule has 9 nitrogen and oxygen atoms in total. The van der Waals surface area contributed by atoms with Gasteiger partial charge in [-0.15, -0.1) is 0 Å². The molecule has 2 fully saturated rings. The van der Waals surface area contributed by atoms with Gasteiger partial charge in [0.05, 0.1) is 10.5 Å². The molecule has 3 amide bonds. The van der Waals surface area contributed by atoms with Crippen molar-refractivity contribution in [1.82, 2.24) is 14.9 Å². The molecule has 1 atom stereocenters. The minimum atomic E-state index is -3.70. The minimum Gasteiger partial charge on any atom is -0.449 e. The highest BCUT2D eigenvalue weighted by molar-refractivity contribution is 7.89. The Bertz CT molecular complexity index is 921. The number of carbonyl (C=O) groups is 3. The second kappa shape index (κ2) is 10.2. The first-order valence-corrected chi connectivity index (χ1v) is 12.1. The van der Waals surface area contributed by atoms with E-state index >= 15 is 0 Å². The van der Waals surface area contributed by atoms with Crippen LogP contribution >= 0.6 is 0 Å². The molecule has 1 aliphatic heterocycles. The Labute approximate surface area is 182 Å². The topological polar surface area (TPSA) is 122 Å². The normalized spacial score (nSPS) is 18.9. The first kappa shape index (κ1) is 23.2. The van der Waals surface area contributed by atoms with Crippen molar-refractivity contribution < 1.29 is 27.5 Å². The van der Waals surface area contributed by atoms with E-state index in [0.717, 1.165) is 44.9 Å². The molecule has 1 saturated carbocycles. The summed E-state index contributed by atoms with van der Waals surface area (Å²) in [7, 11) is -3.70. The molecule has 0 radical (unpaired) electrons. The number of carbonyl (C=O) groups excluding carboxylic acids is 3. The minimum absolute atomic E-state index is 0.0110. The van der Waals surface area contributed by atoms with Gasteiger partial charge in [-0.1, -0.05) is 25.3 Å². The van der Waals surface area contributed by atoms with Crippen molar-refractivity contribution in [2.45, 2.75) is 68.9 Å². The molecule has 1 aromatic rings. The lowest BCUT2D eigenvalue weighted by Crippen LogP contribution is -2.47. The summed E-state index contributed by atoms with van der Waals surface area (Å²) in [5.74, 6) is -1.59. The number of sulfonamides is 1. The number of hydrogen-bond acceptors (Lipinski definition) is 6. The highest BCUT2D eigenvalue weighted by atomic mass is 32.2. The molecule has 10 heteroatoms. The molecule has 1 heterocycles. The van der Waals surface area contributed by atoms with Crippen LogP contribution in [0.4, 0.5) is 4.79 Å². The quantitative estimate of drug-likeness (QED) is 0.639. The van der Waals surface area contributed by atoms with E-state index in [2.05, 4.69) is 10.6 Å². The van der Waals surface area contributed by atoms with E-state index in [1.165, 1.54) is 35.5 Å². The van der Waals surface area contributed by atoms with Gasteiger partial charge in [-0.25, -0.2) is 18.0 Å². The summed E-state index contributed by atoms with van der Waals surface area (Å²) in [5.41, 5.74) is 0.0214. The van der Waals surface area contributed by atoms with Gasteiger partial charge < -0.3 is 10.1 Å². The number of imide groups is 1. The monoisotopic (exact) mass is 451 g/mol. The number of urea groups is 1. The molecule has 1 saturated heterocycles. The Kier molecular flexibility index (Phi) is 7.66. The number of piperidine rings is 1. The predicted octanol–water partition coefficient (Wildman–Crippen LogP) is 2.17. The fourth-order valence-corrected chi connectivity index (χ4v) is 5.39. The summed E-state index contributed by atoms with van der Waals surface area (Å²) in [5, 5.41) is 4.90. The Morgan fingerprint density at radius 2 is 1.74 bits per heavy atom. The number of hydrogen-bond donors (Lipinski definition) is 2. The molecule has 0 aromatic heterocycles. The van der Waals surface area contributed by atoms with Gasteiger partial charge in [0.15, 0.2) is 6.10 Å². The zero-order valence-corrected chi connectivity index (χ0v) is 18.4. The van der Waals surface area contributed by atoms with Crippen molar-refractivity contribution >= 4 is 27.9 Å². The maximum atomic E-state index is 12.8. The molecule has 1 aliphatic carbocycles. The van der Waals surface area contributed by atoms with Crippen LogP contribution in [0.1, 0.15) is 62.2 Å². The van der Waals surface area contributed by atoms with Crippen molar-refractivity contribution in [2.75, 3.05) is 13.1 Å². The number of ether oxygens (including phenoxy) is 1. The lowest BCUT2D eigenvalue weighted by Gasteiger charge is -2.26. The first-order valence-electron chi connectivity index (χ1n) is 10.7. The van der Waals surface area contributed by atoms with Crippen molar-refractivity contribution in [1.29, 1.82) is 0 Å². The lowest BCUT2D eigenvalue weighted by atomic mass is 10.2. The molecule has 2 N–H and O–H groups in total. The van der Waals surface area contributed by atoms with Crippen LogP contribution in [0.5, 0.6) is 0 Å². The first-order chi connectivity index (χ1) is 14.8. The molecule has 31 heavy (non-hydrogen) atoms. The van der Waals surface area contributed by atoms with E-state index in [4.69, 9.17) is 4.74 Å². The van der Waals surface area contributed by atoms with Crippen LogP contribution in [0, 0.1) is 0 Å². The molecule has 3 rings (SSSR count). The maximum absolute atomic E-state index is 12.8. The number of nitrogens with zero attached hydrogens (tertiary/aromatic N) is 1. The molecule has 170 valence electrons. The fraction of sp³-hybridized carbons (Fsp3) is 0.571. The van der Waals surface area contributed by atoms with Crippen LogP contribution in [0.3, 0.4) is 0 Å². The average molecular weight is 452 g/mol. The third-order valence-corrected chi connectivity index (χ3v) is 7.50. The van der Waals surface area contributed by atoms with E-state index in [9.17, 15) is 22.8 Å². The number of rotatable bonds is 6. The van der Waals surface area contributed by atoms with Crippen LogP contribution in [0.2, 0.25) is 0 Å². The summed E-state index contributed by atoms with van der Waals surface area (Å²) in [6.45, 7) is 2.26. The van der Waals surface area contributed by atoms with Gasteiger partial charge in [0, 0.05) is 19.1 Å². The van der Waals surface area contributed by atoms with Gasteiger partial charge in [0.1, 0.15) is 0 Å². The smallest absolute Gasteiger partial charge is 0.338 e. The van der Waals surface area contributed by atoms with Crippen molar-refractivity contribution in [3.05, 3.63) is 29.8 Å². The molecule has 0 spiro atoms. The number of amides is 3. The van der Waals surface area contributed by atoms with Gasteiger partial charge in [0.25, 0.3) is 5.91 Å². The van der Waals surface area contributed by atoms with E-state index in [0.29, 0.717) is 13.1 Å². The maximum Gasteiger partial charge on any atom is 0.338 e. The van der Waals surface area contributed by atoms with Crippen LogP contribution in [0.25, 0.3) is 0 Å². The highest BCUT2D eigenvalue weighted by Crippen LogP contribution is 2.22. The largest absolute Gasteiger partial charge is 0.449 e. The van der Waals surface area contributed by atoms with Crippen LogP contribution in [-0.4, -0.2) is 55.9 Å². The molecule has 0 bridgehead atoms. The molecule has 1 unspecified atom stereocenters. The fourth-order valence-electron chi connectivity index (χ4n) is 3.83. The van der Waals surface area contributed by atoms with Crippen molar-refractivity contribution in [3.8, 4) is 0 Å². The summed E-state index contributed by atoms with van der Waals surface area (Å²) in [6.07, 6.45) is 5.23. The SMILES string of the molecule is CC(OC(=O)c1cccc(S(=O)(=O)N2CCCCC2)c1)C(=O)NC(=O)NC1CCCC1. The van der Waals surface area contributed by atoms with Gasteiger partial charge >= 0.3 is 12.0 Å². The van der Waals surface area contributed by atoms with E-state index in [1.807, 2.05) is 0 Å². The van der Waals surface area contributed by atoms with Crippen molar-refractivity contribution in [3.63, 3.8) is 0 Å². The van der Waals surface area contributed by atoms with E-state index < -0.39 is 34.0 Å². The molecular weight excluding hydrogens is 422 g/mol. The number of esters is 1. The van der Waals surface area contributed by atoms with Crippen LogP contribution in [0.15, 0.2) is 29.2 Å². The van der Waals surface area contributed by atoms with E-state index in [-0.39, 0.29) is 16.5 Å².